The first kappa shape index (κ1) is 14.6. The van der Waals surface area contributed by atoms with Gasteiger partial charge in [0, 0.05) is 6.54 Å². The molecule has 7 heteroatoms. The highest BCUT2D eigenvalue weighted by Crippen LogP contribution is 2.27. The number of carbonyl (C=O) groups excluding carboxylic acids is 1. The molecule has 0 spiro atoms. The number of carbonyl (C=O) groups is 1. The van der Waals surface area contributed by atoms with Crippen molar-refractivity contribution in [2.24, 2.45) is 5.92 Å². The molecule has 0 fully saturated rings. The van der Waals surface area contributed by atoms with Gasteiger partial charge in [0.1, 0.15) is 0 Å². The van der Waals surface area contributed by atoms with Crippen LogP contribution in [-0.4, -0.2) is 36.6 Å². The number of nitrogens with zero attached hydrogens (tertiary/aromatic N) is 1. The largest absolute Gasteiger partial charge is 0.465 e. The van der Waals surface area contributed by atoms with Gasteiger partial charge in [0.2, 0.25) is 0 Å². The van der Waals surface area contributed by atoms with Crippen LogP contribution in [0.4, 0.5) is 5.13 Å². The van der Waals surface area contributed by atoms with Gasteiger partial charge in [-0.1, -0.05) is 29.9 Å². The van der Waals surface area contributed by atoms with Crippen molar-refractivity contribution in [1.82, 2.24) is 4.98 Å². The normalized spacial score (nSPS) is 12.2. The maximum Gasteiger partial charge on any atom is 0.351 e. The molecule has 0 aliphatic carbocycles. The van der Waals surface area contributed by atoms with Gasteiger partial charge in [-0.3, -0.25) is 0 Å². The highest BCUT2D eigenvalue weighted by molar-refractivity contribution is 7.98. The van der Waals surface area contributed by atoms with Gasteiger partial charge in [0.05, 0.1) is 7.11 Å². The Balaban J connectivity index is 2.58. The molecule has 0 saturated carbocycles. The molecule has 96 valence electrons. The second-order valence-corrected chi connectivity index (χ2v) is 5.84. The smallest absolute Gasteiger partial charge is 0.351 e. The Kier molecular flexibility index (Phi) is 6.08. The maximum atomic E-state index is 11.3. The van der Waals surface area contributed by atoms with Gasteiger partial charge >= 0.3 is 5.97 Å². The number of hydrogen-bond acceptors (Lipinski definition) is 6. The highest BCUT2D eigenvalue weighted by atomic mass is 35.5. The van der Waals surface area contributed by atoms with E-state index in [4.69, 9.17) is 11.6 Å². The standard InChI is InChI=1S/C10H15ClN2O2S2/c1-6(5-16-3)4-12-10-13-8(11)7(17-10)9(14)15-2/h6H,4-5H2,1-3H3,(H,12,13). The van der Waals surface area contributed by atoms with Crippen LogP contribution in [0.3, 0.4) is 0 Å². The predicted molar refractivity (Wildman–Crippen MR) is 74.5 cm³/mol. The summed E-state index contributed by atoms with van der Waals surface area (Å²) in [6.45, 7) is 2.96. The van der Waals surface area contributed by atoms with Crippen LogP contribution in [0.5, 0.6) is 0 Å². The van der Waals surface area contributed by atoms with Crippen LogP contribution in [0.15, 0.2) is 0 Å². The molecular formula is C10H15ClN2O2S2. The zero-order valence-electron chi connectivity index (χ0n) is 9.95. The summed E-state index contributed by atoms with van der Waals surface area (Å²) in [5, 5.41) is 4.02. The fraction of sp³-hybridized carbons (Fsp3) is 0.600. The Morgan fingerprint density at radius 3 is 3.00 bits per heavy atom. The Labute approximate surface area is 114 Å². The van der Waals surface area contributed by atoms with Gasteiger partial charge in [-0.25, -0.2) is 9.78 Å². The van der Waals surface area contributed by atoms with Crippen molar-refractivity contribution in [3.63, 3.8) is 0 Å². The highest BCUT2D eigenvalue weighted by Gasteiger charge is 2.17. The average Bonchev–Trinajstić information content (AvgIpc) is 2.67. The lowest BCUT2D eigenvalue weighted by Gasteiger charge is -2.09. The molecule has 17 heavy (non-hydrogen) atoms. The quantitative estimate of drug-likeness (QED) is 0.818. The van der Waals surface area contributed by atoms with Gasteiger partial charge in [-0.2, -0.15) is 11.8 Å². The topological polar surface area (TPSA) is 51.2 Å². The van der Waals surface area contributed by atoms with Crippen molar-refractivity contribution < 1.29 is 9.53 Å². The summed E-state index contributed by atoms with van der Waals surface area (Å²) in [6.07, 6.45) is 2.08. The predicted octanol–water partition coefficient (Wildman–Crippen LogP) is 2.99. The minimum absolute atomic E-state index is 0.196. The van der Waals surface area contributed by atoms with Crippen molar-refractivity contribution in [2.75, 3.05) is 31.0 Å². The minimum atomic E-state index is -0.447. The van der Waals surface area contributed by atoms with Crippen molar-refractivity contribution in [2.45, 2.75) is 6.92 Å². The van der Waals surface area contributed by atoms with Crippen LogP contribution in [0.25, 0.3) is 0 Å². The molecule has 1 N–H and O–H groups in total. The van der Waals surface area contributed by atoms with E-state index in [9.17, 15) is 4.79 Å². The third-order valence-electron chi connectivity index (χ3n) is 2.01. The van der Waals surface area contributed by atoms with E-state index in [1.54, 1.807) is 11.8 Å². The second kappa shape index (κ2) is 7.08. The molecule has 1 unspecified atom stereocenters. The van der Waals surface area contributed by atoms with E-state index < -0.39 is 5.97 Å². The van der Waals surface area contributed by atoms with Crippen LogP contribution >= 0.6 is 34.7 Å². The molecule has 1 rings (SSSR count). The molecule has 0 bridgehead atoms. The number of thiazole rings is 1. The van der Waals surface area contributed by atoms with E-state index >= 15 is 0 Å². The van der Waals surface area contributed by atoms with Crippen LogP contribution < -0.4 is 5.32 Å². The summed E-state index contributed by atoms with van der Waals surface area (Å²) in [7, 11) is 1.33. The molecular weight excluding hydrogens is 280 g/mol. The Hall–Kier alpha value is -0.460. The van der Waals surface area contributed by atoms with Crippen LogP contribution in [0.2, 0.25) is 5.15 Å². The Morgan fingerprint density at radius 2 is 2.41 bits per heavy atom. The van der Waals surface area contributed by atoms with E-state index in [2.05, 4.69) is 28.2 Å². The number of halogens is 1. The number of anilines is 1. The Bertz CT molecular complexity index is 384. The zero-order valence-corrected chi connectivity index (χ0v) is 12.3. The first-order chi connectivity index (χ1) is 8.08. The molecule has 1 atom stereocenters. The molecule has 1 aromatic heterocycles. The number of hydrogen-bond donors (Lipinski definition) is 1. The van der Waals surface area contributed by atoms with E-state index in [-0.39, 0.29) is 5.15 Å². The fourth-order valence-corrected chi connectivity index (χ4v) is 3.00. The summed E-state index contributed by atoms with van der Waals surface area (Å²) < 4.78 is 4.61. The van der Waals surface area contributed by atoms with Crippen molar-refractivity contribution in [1.29, 1.82) is 0 Å². The molecule has 0 radical (unpaired) electrons. The fourth-order valence-electron chi connectivity index (χ4n) is 1.20. The van der Waals surface area contributed by atoms with Crippen LogP contribution in [-0.2, 0) is 4.74 Å². The van der Waals surface area contributed by atoms with Crippen LogP contribution in [0, 0.1) is 5.92 Å². The van der Waals surface area contributed by atoms with Gasteiger partial charge < -0.3 is 10.1 Å². The summed E-state index contributed by atoms with van der Waals surface area (Å²) >= 11 is 8.87. The van der Waals surface area contributed by atoms with Crippen LogP contribution in [0.1, 0.15) is 16.6 Å². The monoisotopic (exact) mass is 294 g/mol. The van der Waals surface area contributed by atoms with E-state index in [1.807, 2.05) is 0 Å². The Morgan fingerprint density at radius 1 is 1.71 bits per heavy atom. The summed E-state index contributed by atoms with van der Waals surface area (Å²) in [5.74, 6) is 1.17. The zero-order chi connectivity index (χ0) is 12.8. The average molecular weight is 295 g/mol. The van der Waals surface area contributed by atoms with E-state index in [0.29, 0.717) is 15.9 Å². The maximum absolute atomic E-state index is 11.3. The van der Waals surface area contributed by atoms with Gasteiger partial charge in [-0.15, -0.1) is 0 Å². The lowest BCUT2D eigenvalue weighted by atomic mass is 10.2. The number of aromatic nitrogens is 1. The number of methoxy groups -OCH3 is 1. The molecule has 4 nitrogen and oxygen atoms in total. The first-order valence-electron chi connectivity index (χ1n) is 5.06. The molecule has 0 saturated heterocycles. The third-order valence-corrected chi connectivity index (χ3v) is 4.29. The number of rotatable bonds is 6. The van der Waals surface area contributed by atoms with Gasteiger partial charge in [-0.05, 0) is 17.9 Å². The molecule has 0 amide bonds. The van der Waals surface area contributed by atoms with Gasteiger partial charge in [0.15, 0.2) is 15.2 Å². The van der Waals surface area contributed by atoms with E-state index in [0.717, 1.165) is 12.3 Å². The SMILES string of the molecule is COC(=O)c1sc(NCC(C)CSC)nc1Cl. The summed E-state index contributed by atoms with van der Waals surface area (Å²) in [4.78, 5) is 15.7. The second-order valence-electron chi connectivity index (χ2n) is 3.57. The first-order valence-corrected chi connectivity index (χ1v) is 7.64. The van der Waals surface area contributed by atoms with Crippen molar-refractivity contribution in [3.05, 3.63) is 10.0 Å². The lowest BCUT2D eigenvalue weighted by Crippen LogP contribution is -2.12. The molecule has 0 aliphatic rings. The molecule has 1 heterocycles. The number of esters is 1. The summed E-state index contributed by atoms with van der Waals surface area (Å²) in [5.41, 5.74) is 0. The molecule has 0 aliphatic heterocycles. The lowest BCUT2D eigenvalue weighted by molar-refractivity contribution is 0.0606. The number of ether oxygens (including phenoxy) is 1. The number of thioether (sulfide) groups is 1. The third kappa shape index (κ3) is 4.37. The van der Waals surface area contributed by atoms with Gasteiger partial charge in [0.25, 0.3) is 0 Å². The number of nitrogens with one attached hydrogen (secondary N) is 1. The minimum Gasteiger partial charge on any atom is -0.465 e. The molecule has 1 aromatic rings. The van der Waals surface area contributed by atoms with Crippen molar-refractivity contribution in [3.8, 4) is 0 Å². The summed E-state index contributed by atoms with van der Waals surface area (Å²) in [6, 6.07) is 0. The molecule has 0 aromatic carbocycles. The van der Waals surface area contributed by atoms with Crippen molar-refractivity contribution >= 4 is 45.8 Å². The van der Waals surface area contributed by atoms with E-state index in [1.165, 1.54) is 18.4 Å².